The van der Waals surface area contributed by atoms with Gasteiger partial charge in [0.2, 0.25) is 0 Å². The maximum Gasteiger partial charge on any atom is 0.262 e. The van der Waals surface area contributed by atoms with Crippen molar-refractivity contribution in [3.05, 3.63) is 89.1 Å². The van der Waals surface area contributed by atoms with Crippen molar-refractivity contribution in [3.63, 3.8) is 0 Å². The lowest BCUT2D eigenvalue weighted by atomic mass is 10.3. The molecular formula is C19H17N5O3. The third-order valence-corrected chi connectivity index (χ3v) is 3.59. The molecule has 8 nitrogen and oxygen atoms in total. The number of hydrogen-bond acceptors (Lipinski definition) is 4. The van der Waals surface area contributed by atoms with Gasteiger partial charge < -0.3 is 4.57 Å². The summed E-state index contributed by atoms with van der Waals surface area (Å²) in [6.45, 7) is -0.187. The van der Waals surface area contributed by atoms with E-state index in [0.717, 1.165) is 11.3 Å². The van der Waals surface area contributed by atoms with Crippen LogP contribution in [0, 0.1) is 0 Å². The summed E-state index contributed by atoms with van der Waals surface area (Å²) in [5.74, 6) is -1.02. The van der Waals surface area contributed by atoms with E-state index in [2.05, 4.69) is 16.0 Å². The Morgan fingerprint density at radius 1 is 1.04 bits per heavy atom. The maximum atomic E-state index is 11.8. The number of hydrazine groups is 1. The molecule has 3 aromatic rings. The predicted octanol–water partition coefficient (Wildman–Crippen LogP) is 0.895. The molecule has 1 aromatic carbocycles. The number of carbonyl (C=O) groups excluding carboxylic acids is 2. The number of carbonyl (C=O) groups is 2. The Morgan fingerprint density at radius 2 is 1.81 bits per heavy atom. The zero-order chi connectivity index (χ0) is 19.1. The van der Waals surface area contributed by atoms with Gasteiger partial charge in [0.1, 0.15) is 6.54 Å². The quantitative estimate of drug-likeness (QED) is 0.520. The third-order valence-electron chi connectivity index (χ3n) is 3.59. The monoisotopic (exact) mass is 363 g/mol. The molecule has 27 heavy (non-hydrogen) atoms. The summed E-state index contributed by atoms with van der Waals surface area (Å²) in [7, 11) is 0. The summed E-state index contributed by atoms with van der Waals surface area (Å²) in [5, 5.41) is 4.23. The Kier molecular flexibility index (Phi) is 5.58. The SMILES string of the molecule is O=C(/C=C/c1cnn(-c2ccccc2)c1)NNC(=O)Cn1ccccc1=O. The van der Waals surface area contributed by atoms with Crippen LogP contribution >= 0.6 is 0 Å². The lowest BCUT2D eigenvalue weighted by molar-refractivity contribution is -0.127. The molecule has 3 rings (SSSR count). The topological polar surface area (TPSA) is 98.0 Å². The molecule has 2 amide bonds. The van der Waals surface area contributed by atoms with Crippen molar-refractivity contribution < 1.29 is 9.59 Å². The van der Waals surface area contributed by atoms with Crippen molar-refractivity contribution in [1.29, 1.82) is 0 Å². The van der Waals surface area contributed by atoms with Crippen LogP contribution in [0.5, 0.6) is 0 Å². The first kappa shape index (κ1) is 17.9. The van der Waals surface area contributed by atoms with E-state index in [1.54, 1.807) is 35.3 Å². The highest BCUT2D eigenvalue weighted by Gasteiger charge is 2.05. The first-order valence-corrected chi connectivity index (χ1v) is 8.14. The van der Waals surface area contributed by atoms with Gasteiger partial charge in [-0.25, -0.2) is 4.68 Å². The van der Waals surface area contributed by atoms with E-state index in [-0.39, 0.29) is 12.1 Å². The van der Waals surface area contributed by atoms with Crippen LogP contribution in [0.2, 0.25) is 0 Å². The molecular weight excluding hydrogens is 346 g/mol. The Labute approximate surface area is 154 Å². The van der Waals surface area contributed by atoms with Crippen molar-refractivity contribution in [2.75, 3.05) is 0 Å². The fourth-order valence-electron chi connectivity index (χ4n) is 2.28. The van der Waals surface area contributed by atoms with Crippen LogP contribution in [0.1, 0.15) is 5.56 Å². The highest BCUT2D eigenvalue weighted by molar-refractivity contribution is 5.93. The fourth-order valence-corrected chi connectivity index (χ4v) is 2.28. The number of benzene rings is 1. The van der Waals surface area contributed by atoms with E-state index in [9.17, 15) is 14.4 Å². The molecule has 0 saturated heterocycles. The maximum absolute atomic E-state index is 11.8. The molecule has 2 N–H and O–H groups in total. The van der Waals surface area contributed by atoms with Crippen LogP contribution in [0.4, 0.5) is 0 Å². The molecule has 0 aliphatic heterocycles. The van der Waals surface area contributed by atoms with Gasteiger partial charge in [0, 0.05) is 30.1 Å². The Bertz CT molecular complexity index is 1020. The molecule has 0 aliphatic rings. The number of nitrogens with zero attached hydrogens (tertiary/aromatic N) is 3. The second-order valence-corrected chi connectivity index (χ2v) is 5.59. The largest absolute Gasteiger partial charge is 0.306 e. The highest BCUT2D eigenvalue weighted by atomic mass is 16.2. The first-order valence-electron chi connectivity index (χ1n) is 8.14. The van der Waals surface area contributed by atoms with Crippen LogP contribution in [-0.4, -0.2) is 26.2 Å². The normalized spacial score (nSPS) is 10.7. The van der Waals surface area contributed by atoms with Crippen LogP contribution in [-0.2, 0) is 16.1 Å². The summed E-state index contributed by atoms with van der Waals surface area (Å²) in [6, 6.07) is 14.2. The summed E-state index contributed by atoms with van der Waals surface area (Å²) in [6.07, 6.45) is 7.75. The van der Waals surface area contributed by atoms with E-state index in [4.69, 9.17) is 0 Å². The van der Waals surface area contributed by atoms with Gasteiger partial charge in [-0.2, -0.15) is 5.10 Å². The lowest BCUT2D eigenvalue weighted by Crippen LogP contribution is -2.43. The lowest BCUT2D eigenvalue weighted by Gasteiger charge is -2.06. The molecule has 0 unspecified atom stereocenters. The fraction of sp³-hybridized carbons (Fsp3) is 0.0526. The summed E-state index contributed by atoms with van der Waals surface area (Å²) < 4.78 is 2.92. The zero-order valence-electron chi connectivity index (χ0n) is 14.3. The minimum Gasteiger partial charge on any atom is -0.306 e. The van der Waals surface area contributed by atoms with Crippen LogP contribution in [0.3, 0.4) is 0 Å². The number of amides is 2. The third kappa shape index (κ3) is 5.02. The number of hydrogen-bond donors (Lipinski definition) is 2. The zero-order valence-corrected chi connectivity index (χ0v) is 14.3. The number of para-hydroxylation sites is 1. The minimum absolute atomic E-state index is 0.187. The number of nitrogens with one attached hydrogen (secondary N) is 2. The molecule has 0 spiro atoms. The molecule has 2 aromatic heterocycles. The van der Waals surface area contributed by atoms with Crippen molar-refractivity contribution in [3.8, 4) is 5.69 Å². The average molecular weight is 363 g/mol. The van der Waals surface area contributed by atoms with Gasteiger partial charge in [0.15, 0.2) is 0 Å². The predicted molar refractivity (Wildman–Crippen MR) is 99.6 cm³/mol. The van der Waals surface area contributed by atoms with Crippen molar-refractivity contribution in [1.82, 2.24) is 25.2 Å². The molecule has 2 heterocycles. The van der Waals surface area contributed by atoms with Crippen LogP contribution in [0.15, 0.2) is 78.0 Å². The van der Waals surface area contributed by atoms with E-state index in [1.165, 1.54) is 22.9 Å². The van der Waals surface area contributed by atoms with Crippen molar-refractivity contribution in [2.24, 2.45) is 0 Å². The van der Waals surface area contributed by atoms with E-state index in [0.29, 0.717) is 0 Å². The second kappa shape index (κ2) is 8.43. The summed E-state index contributed by atoms with van der Waals surface area (Å²) in [4.78, 5) is 35.1. The van der Waals surface area contributed by atoms with E-state index >= 15 is 0 Å². The Hall–Kier alpha value is -3.94. The van der Waals surface area contributed by atoms with Crippen molar-refractivity contribution in [2.45, 2.75) is 6.54 Å². The molecule has 0 fully saturated rings. The van der Waals surface area contributed by atoms with E-state index in [1.807, 2.05) is 30.3 Å². The number of rotatable bonds is 5. The second-order valence-electron chi connectivity index (χ2n) is 5.59. The van der Waals surface area contributed by atoms with Gasteiger partial charge >= 0.3 is 0 Å². The van der Waals surface area contributed by atoms with Crippen LogP contribution < -0.4 is 16.4 Å². The standard InChI is InChI=1S/C19H17N5O3/c25-17(21-22-18(26)14-23-11-5-4-8-19(23)27)10-9-15-12-20-24(13-15)16-6-2-1-3-7-16/h1-13H,14H2,(H,21,25)(H,22,26)/b10-9+. The average Bonchev–Trinajstić information content (AvgIpc) is 3.16. The number of pyridine rings is 1. The van der Waals surface area contributed by atoms with Gasteiger partial charge in [-0.1, -0.05) is 24.3 Å². The van der Waals surface area contributed by atoms with Crippen LogP contribution in [0.25, 0.3) is 11.8 Å². The Balaban J connectivity index is 1.51. The molecule has 0 bridgehead atoms. The molecule has 0 radical (unpaired) electrons. The van der Waals surface area contributed by atoms with Crippen molar-refractivity contribution >= 4 is 17.9 Å². The number of aromatic nitrogens is 3. The molecule has 0 aliphatic carbocycles. The smallest absolute Gasteiger partial charge is 0.262 e. The first-order chi connectivity index (χ1) is 13.1. The van der Waals surface area contributed by atoms with Gasteiger partial charge in [-0.3, -0.25) is 25.2 Å². The molecule has 0 atom stereocenters. The van der Waals surface area contributed by atoms with Gasteiger partial charge in [0.25, 0.3) is 17.4 Å². The summed E-state index contributed by atoms with van der Waals surface area (Å²) >= 11 is 0. The van der Waals surface area contributed by atoms with Gasteiger partial charge in [0.05, 0.1) is 11.9 Å². The van der Waals surface area contributed by atoms with Gasteiger partial charge in [-0.15, -0.1) is 0 Å². The van der Waals surface area contributed by atoms with E-state index < -0.39 is 11.8 Å². The molecule has 136 valence electrons. The van der Waals surface area contributed by atoms with Gasteiger partial charge in [-0.05, 0) is 24.3 Å². The Morgan fingerprint density at radius 3 is 2.59 bits per heavy atom. The highest BCUT2D eigenvalue weighted by Crippen LogP contribution is 2.08. The molecule has 8 heteroatoms. The summed E-state index contributed by atoms with van der Waals surface area (Å²) in [5.41, 5.74) is 5.86. The molecule has 0 saturated carbocycles. The minimum atomic E-state index is -0.512.